The van der Waals surface area contributed by atoms with Crippen LogP contribution in [0.3, 0.4) is 0 Å². The van der Waals surface area contributed by atoms with E-state index in [-0.39, 0.29) is 11.7 Å². The lowest BCUT2D eigenvalue weighted by molar-refractivity contribution is 0.104. The van der Waals surface area contributed by atoms with E-state index in [4.69, 9.17) is 4.74 Å². The van der Waals surface area contributed by atoms with Gasteiger partial charge in [-0.25, -0.2) is 4.98 Å². The minimum absolute atomic E-state index is 0.0141. The molecule has 2 heterocycles. The molecule has 1 aromatic rings. The van der Waals surface area contributed by atoms with Gasteiger partial charge in [-0.15, -0.1) is 0 Å². The summed E-state index contributed by atoms with van der Waals surface area (Å²) < 4.78 is 5.52. The van der Waals surface area contributed by atoms with Crippen LogP contribution >= 0.6 is 0 Å². The van der Waals surface area contributed by atoms with Gasteiger partial charge < -0.3 is 9.72 Å². The molecule has 0 radical (unpaired) electrons. The second-order valence-corrected chi connectivity index (χ2v) is 4.72. The van der Waals surface area contributed by atoms with Crippen LogP contribution in [0.5, 0.6) is 0 Å². The monoisotopic (exact) mass is 222 g/mol. The van der Waals surface area contributed by atoms with E-state index in [9.17, 15) is 4.79 Å². The van der Waals surface area contributed by atoms with Crippen LogP contribution in [0.4, 0.5) is 0 Å². The fourth-order valence-electron chi connectivity index (χ4n) is 2.00. The quantitative estimate of drug-likeness (QED) is 0.848. The van der Waals surface area contributed by atoms with Gasteiger partial charge >= 0.3 is 0 Å². The average Bonchev–Trinajstić information content (AvgIpc) is 2.67. The molecule has 1 unspecified atom stereocenters. The van der Waals surface area contributed by atoms with Gasteiger partial charge in [-0.05, 0) is 25.2 Å². The predicted octanol–water partition coefficient (Wildman–Crippen LogP) is 1.82. The number of rotatable bonds is 3. The zero-order valence-corrected chi connectivity index (χ0v) is 9.82. The van der Waals surface area contributed by atoms with Crippen molar-refractivity contribution in [3.63, 3.8) is 0 Å². The summed E-state index contributed by atoms with van der Waals surface area (Å²) in [5.74, 6) is 1.20. The molecule has 1 fully saturated rings. The normalized spacial score (nSPS) is 20.6. The van der Waals surface area contributed by atoms with Crippen LogP contribution in [0.15, 0.2) is 10.9 Å². The SMILES string of the molecule is CC(C)Cc1cc(=O)[nH]c(C2CCCO2)n1. The highest BCUT2D eigenvalue weighted by Crippen LogP contribution is 2.25. The number of aromatic amines is 1. The van der Waals surface area contributed by atoms with E-state index in [2.05, 4.69) is 23.8 Å². The first kappa shape index (κ1) is 11.3. The second kappa shape index (κ2) is 4.78. The maximum atomic E-state index is 11.5. The Morgan fingerprint density at radius 1 is 1.62 bits per heavy atom. The first-order valence-electron chi connectivity index (χ1n) is 5.87. The largest absolute Gasteiger partial charge is 0.370 e. The van der Waals surface area contributed by atoms with Crippen molar-refractivity contribution in [1.29, 1.82) is 0 Å². The molecule has 88 valence electrons. The molecule has 2 rings (SSSR count). The highest BCUT2D eigenvalue weighted by atomic mass is 16.5. The predicted molar refractivity (Wildman–Crippen MR) is 61.3 cm³/mol. The fourth-order valence-corrected chi connectivity index (χ4v) is 2.00. The van der Waals surface area contributed by atoms with Crippen molar-refractivity contribution in [2.45, 2.75) is 39.2 Å². The van der Waals surface area contributed by atoms with Crippen LogP contribution in [-0.2, 0) is 11.2 Å². The fraction of sp³-hybridized carbons (Fsp3) is 0.667. The summed E-state index contributed by atoms with van der Waals surface area (Å²) in [6.45, 7) is 5.01. The second-order valence-electron chi connectivity index (χ2n) is 4.72. The van der Waals surface area contributed by atoms with Crippen LogP contribution in [0.2, 0.25) is 0 Å². The molecule has 1 saturated heterocycles. The number of hydrogen-bond donors (Lipinski definition) is 1. The van der Waals surface area contributed by atoms with Gasteiger partial charge in [0.15, 0.2) is 0 Å². The third kappa shape index (κ3) is 2.70. The first-order chi connectivity index (χ1) is 7.65. The Kier molecular flexibility index (Phi) is 3.39. The Morgan fingerprint density at radius 3 is 3.06 bits per heavy atom. The van der Waals surface area contributed by atoms with Gasteiger partial charge in [-0.1, -0.05) is 13.8 Å². The van der Waals surface area contributed by atoms with Crippen LogP contribution in [-0.4, -0.2) is 16.6 Å². The molecule has 16 heavy (non-hydrogen) atoms. The maximum Gasteiger partial charge on any atom is 0.251 e. The molecular formula is C12H18N2O2. The van der Waals surface area contributed by atoms with Crippen LogP contribution in [0.25, 0.3) is 0 Å². The molecule has 0 saturated carbocycles. The number of aromatic nitrogens is 2. The Hall–Kier alpha value is -1.16. The topological polar surface area (TPSA) is 55.0 Å². The molecule has 0 aromatic carbocycles. The lowest BCUT2D eigenvalue weighted by atomic mass is 10.1. The molecule has 1 atom stereocenters. The van der Waals surface area contributed by atoms with Gasteiger partial charge in [0.1, 0.15) is 11.9 Å². The highest BCUT2D eigenvalue weighted by Gasteiger charge is 2.20. The zero-order valence-electron chi connectivity index (χ0n) is 9.82. The summed E-state index contributed by atoms with van der Waals surface area (Å²) in [4.78, 5) is 18.7. The van der Waals surface area contributed by atoms with E-state index >= 15 is 0 Å². The molecule has 1 aromatic heterocycles. The van der Waals surface area contributed by atoms with Crippen LogP contribution in [0.1, 0.15) is 44.3 Å². The van der Waals surface area contributed by atoms with Crippen molar-refractivity contribution in [2.75, 3.05) is 6.61 Å². The Balaban J connectivity index is 2.24. The van der Waals surface area contributed by atoms with E-state index in [0.29, 0.717) is 11.7 Å². The molecule has 0 bridgehead atoms. The zero-order chi connectivity index (χ0) is 11.5. The molecule has 1 aliphatic rings. The molecular weight excluding hydrogens is 204 g/mol. The smallest absolute Gasteiger partial charge is 0.251 e. The third-order valence-corrected chi connectivity index (χ3v) is 2.67. The molecule has 0 amide bonds. The van der Waals surface area contributed by atoms with Crippen molar-refractivity contribution < 1.29 is 4.74 Å². The van der Waals surface area contributed by atoms with Gasteiger partial charge in [-0.3, -0.25) is 4.79 Å². The molecule has 1 N–H and O–H groups in total. The summed E-state index contributed by atoms with van der Waals surface area (Å²) in [5, 5.41) is 0. The summed E-state index contributed by atoms with van der Waals surface area (Å²) >= 11 is 0. The van der Waals surface area contributed by atoms with E-state index in [1.54, 1.807) is 6.07 Å². The van der Waals surface area contributed by atoms with Gasteiger partial charge in [0.05, 0.1) is 0 Å². The summed E-state index contributed by atoms with van der Waals surface area (Å²) in [5.41, 5.74) is 0.792. The van der Waals surface area contributed by atoms with Gasteiger partial charge in [0.25, 0.3) is 5.56 Å². The lowest BCUT2D eigenvalue weighted by Gasteiger charge is -2.10. The Bertz CT molecular complexity index is 406. The van der Waals surface area contributed by atoms with E-state index in [1.165, 1.54) is 0 Å². The Morgan fingerprint density at radius 2 is 2.44 bits per heavy atom. The summed E-state index contributed by atoms with van der Waals surface area (Å²) in [6, 6.07) is 1.58. The molecule has 4 heteroatoms. The van der Waals surface area contributed by atoms with E-state index in [0.717, 1.165) is 31.6 Å². The third-order valence-electron chi connectivity index (χ3n) is 2.67. The van der Waals surface area contributed by atoms with E-state index < -0.39 is 0 Å². The highest BCUT2D eigenvalue weighted by molar-refractivity contribution is 5.05. The van der Waals surface area contributed by atoms with Crippen molar-refractivity contribution in [1.82, 2.24) is 9.97 Å². The van der Waals surface area contributed by atoms with Crippen molar-refractivity contribution in [3.8, 4) is 0 Å². The van der Waals surface area contributed by atoms with Gasteiger partial charge in [0, 0.05) is 18.4 Å². The van der Waals surface area contributed by atoms with Crippen molar-refractivity contribution in [3.05, 3.63) is 27.9 Å². The van der Waals surface area contributed by atoms with Crippen LogP contribution in [0, 0.1) is 5.92 Å². The molecule has 1 aliphatic heterocycles. The molecule has 4 nitrogen and oxygen atoms in total. The lowest BCUT2D eigenvalue weighted by Crippen LogP contribution is -2.16. The minimum atomic E-state index is -0.0730. The van der Waals surface area contributed by atoms with Crippen LogP contribution < -0.4 is 5.56 Å². The number of nitrogens with one attached hydrogen (secondary N) is 1. The van der Waals surface area contributed by atoms with Gasteiger partial charge in [0.2, 0.25) is 0 Å². The summed E-state index contributed by atoms with van der Waals surface area (Å²) in [7, 11) is 0. The molecule has 0 aliphatic carbocycles. The van der Waals surface area contributed by atoms with E-state index in [1.807, 2.05) is 0 Å². The number of H-pyrrole nitrogens is 1. The van der Waals surface area contributed by atoms with Crippen molar-refractivity contribution in [2.24, 2.45) is 5.92 Å². The number of nitrogens with zero attached hydrogens (tertiary/aromatic N) is 1. The maximum absolute atomic E-state index is 11.5. The first-order valence-corrected chi connectivity index (χ1v) is 5.87. The number of ether oxygens (including phenoxy) is 1. The molecule has 0 spiro atoms. The number of hydrogen-bond acceptors (Lipinski definition) is 3. The van der Waals surface area contributed by atoms with Gasteiger partial charge in [-0.2, -0.15) is 0 Å². The standard InChI is InChI=1S/C12H18N2O2/c1-8(2)6-9-7-11(15)14-12(13-9)10-4-3-5-16-10/h7-8,10H,3-6H2,1-2H3,(H,13,14,15). The minimum Gasteiger partial charge on any atom is -0.370 e. The Labute approximate surface area is 95.1 Å². The van der Waals surface area contributed by atoms with Crippen molar-refractivity contribution >= 4 is 0 Å². The average molecular weight is 222 g/mol. The summed E-state index contributed by atoms with van der Waals surface area (Å²) in [6.07, 6.45) is 2.82.